The molecule has 3 rings (SSSR count). The number of hydrogen-bond acceptors (Lipinski definition) is 1. The van der Waals surface area contributed by atoms with Crippen molar-refractivity contribution in [2.75, 3.05) is 0 Å². The number of carbonyl (C=O) groups excluding carboxylic acids is 1. The Bertz CT molecular complexity index is 714. The van der Waals surface area contributed by atoms with Gasteiger partial charge in [-0.3, -0.25) is 4.79 Å². The van der Waals surface area contributed by atoms with Crippen molar-refractivity contribution in [2.24, 2.45) is 5.73 Å². The summed E-state index contributed by atoms with van der Waals surface area (Å²) >= 11 is 0. The average Bonchev–Trinajstić information content (AvgIpc) is 2.82. The molecule has 0 aliphatic rings. The Morgan fingerprint density at radius 2 is 1.72 bits per heavy atom. The van der Waals surface area contributed by atoms with Gasteiger partial charge >= 0.3 is 0 Å². The van der Waals surface area contributed by atoms with Gasteiger partial charge in [0.15, 0.2) is 0 Å². The molecule has 0 spiro atoms. The molecule has 0 fully saturated rings. The Balaban J connectivity index is 2.14. The zero-order valence-corrected chi connectivity index (χ0v) is 9.68. The minimum Gasteiger partial charge on any atom is -0.364 e. The van der Waals surface area contributed by atoms with Crippen molar-refractivity contribution in [1.82, 2.24) is 4.98 Å². The molecule has 2 aromatic carbocycles. The van der Waals surface area contributed by atoms with E-state index in [0.717, 1.165) is 22.0 Å². The van der Waals surface area contributed by atoms with Gasteiger partial charge in [-0.15, -0.1) is 0 Å². The van der Waals surface area contributed by atoms with Gasteiger partial charge in [0.1, 0.15) is 5.69 Å². The lowest BCUT2D eigenvalue weighted by molar-refractivity contribution is 0.0996. The monoisotopic (exact) mass is 236 g/mol. The van der Waals surface area contributed by atoms with Gasteiger partial charge in [-0.2, -0.15) is 0 Å². The van der Waals surface area contributed by atoms with E-state index in [1.165, 1.54) is 0 Å². The van der Waals surface area contributed by atoms with E-state index < -0.39 is 5.91 Å². The Hall–Kier alpha value is -2.55. The maximum Gasteiger partial charge on any atom is 0.265 e. The second-order valence-corrected chi connectivity index (χ2v) is 4.22. The van der Waals surface area contributed by atoms with Crippen LogP contribution in [0, 0.1) is 0 Å². The van der Waals surface area contributed by atoms with Gasteiger partial charge in [0, 0.05) is 10.9 Å². The van der Waals surface area contributed by atoms with Crippen LogP contribution in [0.4, 0.5) is 0 Å². The summed E-state index contributed by atoms with van der Waals surface area (Å²) in [7, 11) is 0. The predicted molar refractivity (Wildman–Crippen MR) is 72.3 cm³/mol. The first kappa shape index (κ1) is 10.6. The summed E-state index contributed by atoms with van der Waals surface area (Å²) in [6, 6.07) is 17.9. The molecule has 18 heavy (non-hydrogen) atoms. The minimum atomic E-state index is -0.438. The molecule has 0 atom stereocenters. The molecule has 0 saturated carbocycles. The summed E-state index contributed by atoms with van der Waals surface area (Å²) in [4.78, 5) is 14.1. The fraction of sp³-hybridized carbons (Fsp3) is 0. The second kappa shape index (κ2) is 4.04. The predicted octanol–water partition coefficient (Wildman–Crippen LogP) is 2.93. The van der Waals surface area contributed by atoms with Gasteiger partial charge in [0.05, 0.1) is 0 Å². The van der Waals surface area contributed by atoms with Crippen LogP contribution < -0.4 is 5.73 Å². The smallest absolute Gasteiger partial charge is 0.265 e. The van der Waals surface area contributed by atoms with Crippen molar-refractivity contribution < 1.29 is 4.79 Å². The number of hydrogen-bond donors (Lipinski definition) is 2. The van der Waals surface area contributed by atoms with E-state index in [1.807, 2.05) is 36.4 Å². The zero-order valence-electron chi connectivity index (χ0n) is 9.68. The molecule has 0 aliphatic heterocycles. The maximum absolute atomic E-state index is 11.1. The lowest BCUT2D eigenvalue weighted by atomic mass is 10.0. The van der Waals surface area contributed by atoms with Gasteiger partial charge < -0.3 is 10.7 Å². The van der Waals surface area contributed by atoms with Gasteiger partial charge in [-0.25, -0.2) is 0 Å². The summed E-state index contributed by atoms with van der Waals surface area (Å²) in [6.45, 7) is 0. The molecule has 0 saturated heterocycles. The number of benzene rings is 2. The topological polar surface area (TPSA) is 58.9 Å². The Morgan fingerprint density at radius 1 is 0.944 bits per heavy atom. The Labute approximate surface area is 104 Å². The normalized spacial score (nSPS) is 10.7. The van der Waals surface area contributed by atoms with Crippen LogP contribution in [0.15, 0.2) is 54.6 Å². The van der Waals surface area contributed by atoms with Crippen LogP contribution in [0.3, 0.4) is 0 Å². The summed E-state index contributed by atoms with van der Waals surface area (Å²) in [5.41, 5.74) is 8.89. The van der Waals surface area contributed by atoms with Crippen LogP contribution in [-0.2, 0) is 0 Å². The number of fused-ring (bicyclic) bond motifs is 1. The number of H-pyrrole nitrogens is 1. The second-order valence-electron chi connectivity index (χ2n) is 4.22. The van der Waals surface area contributed by atoms with Crippen molar-refractivity contribution in [2.45, 2.75) is 0 Å². The van der Waals surface area contributed by atoms with Crippen molar-refractivity contribution >= 4 is 16.8 Å². The molecule has 3 nitrogen and oxygen atoms in total. The molecule has 0 bridgehead atoms. The molecule has 0 radical (unpaired) electrons. The van der Waals surface area contributed by atoms with Gasteiger partial charge in [-0.1, -0.05) is 36.4 Å². The number of aromatic amines is 1. The fourth-order valence-electron chi connectivity index (χ4n) is 2.08. The van der Waals surface area contributed by atoms with E-state index in [4.69, 9.17) is 5.73 Å². The number of nitrogens with two attached hydrogens (primary N) is 1. The zero-order chi connectivity index (χ0) is 12.5. The minimum absolute atomic E-state index is 0.438. The van der Waals surface area contributed by atoms with Crippen LogP contribution >= 0.6 is 0 Å². The number of nitrogens with one attached hydrogen (secondary N) is 1. The summed E-state index contributed by atoms with van der Waals surface area (Å²) in [5.74, 6) is -0.438. The van der Waals surface area contributed by atoms with E-state index in [9.17, 15) is 4.79 Å². The van der Waals surface area contributed by atoms with Crippen LogP contribution in [0.1, 0.15) is 10.5 Å². The van der Waals surface area contributed by atoms with Crippen LogP contribution in [0.2, 0.25) is 0 Å². The number of amides is 1. The Kier molecular flexibility index (Phi) is 2.38. The first-order valence-corrected chi connectivity index (χ1v) is 5.72. The molecule has 3 N–H and O–H groups in total. The number of rotatable bonds is 2. The Morgan fingerprint density at radius 3 is 2.44 bits per heavy atom. The van der Waals surface area contributed by atoms with Crippen molar-refractivity contribution in [3.63, 3.8) is 0 Å². The third-order valence-electron chi connectivity index (χ3n) is 2.99. The van der Waals surface area contributed by atoms with Crippen molar-refractivity contribution in [3.05, 3.63) is 60.3 Å². The molecule has 1 aromatic heterocycles. The van der Waals surface area contributed by atoms with Crippen LogP contribution in [0.25, 0.3) is 22.0 Å². The lowest BCUT2D eigenvalue weighted by Gasteiger charge is -2.00. The molecule has 0 aliphatic carbocycles. The van der Waals surface area contributed by atoms with Crippen molar-refractivity contribution in [1.29, 1.82) is 0 Å². The van der Waals surface area contributed by atoms with Gasteiger partial charge in [0.2, 0.25) is 0 Å². The first-order valence-electron chi connectivity index (χ1n) is 5.72. The quantitative estimate of drug-likeness (QED) is 0.706. The SMILES string of the molecule is NC(=O)c1cc2cc(-c3ccccc3)ccc2[nH]1. The third kappa shape index (κ3) is 1.76. The van der Waals surface area contributed by atoms with E-state index >= 15 is 0 Å². The highest BCUT2D eigenvalue weighted by Crippen LogP contribution is 2.24. The van der Waals surface area contributed by atoms with Crippen LogP contribution in [0.5, 0.6) is 0 Å². The van der Waals surface area contributed by atoms with Gasteiger partial charge in [0.25, 0.3) is 5.91 Å². The molecular formula is C15H12N2O. The van der Waals surface area contributed by atoms with Gasteiger partial charge in [-0.05, 0) is 29.3 Å². The third-order valence-corrected chi connectivity index (χ3v) is 2.99. The molecular weight excluding hydrogens is 224 g/mol. The lowest BCUT2D eigenvalue weighted by Crippen LogP contribution is -2.10. The average molecular weight is 236 g/mol. The van der Waals surface area contributed by atoms with Crippen LogP contribution in [-0.4, -0.2) is 10.9 Å². The molecule has 3 heteroatoms. The number of primary amides is 1. The highest BCUT2D eigenvalue weighted by Gasteiger charge is 2.06. The standard InChI is InChI=1S/C15H12N2O/c16-15(18)14-9-12-8-11(6-7-13(12)17-14)10-4-2-1-3-5-10/h1-9,17H,(H2,16,18). The fourth-order valence-corrected chi connectivity index (χ4v) is 2.08. The van der Waals surface area contributed by atoms with E-state index in [2.05, 4.69) is 17.1 Å². The molecule has 3 aromatic rings. The number of aromatic nitrogens is 1. The first-order chi connectivity index (χ1) is 8.74. The highest BCUT2D eigenvalue weighted by atomic mass is 16.1. The van der Waals surface area contributed by atoms with E-state index in [-0.39, 0.29) is 0 Å². The largest absolute Gasteiger partial charge is 0.364 e. The summed E-state index contributed by atoms with van der Waals surface area (Å²) in [6.07, 6.45) is 0. The molecule has 1 heterocycles. The highest BCUT2D eigenvalue weighted by molar-refractivity contribution is 5.98. The van der Waals surface area contributed by atoms with E-state index in [0.29, 0.717) is 5.69 Å². The molecule has 88 valence electrons. The number of carbonyl (C=O) groups is 1. The van der Waals surface area contributed by atoms with E-state index in [1.54, 1.807) is 6.07 Å². The maximum atomic E-state index is 11.1. The summed E-state index contributed by atoms with van der Waals surface area (Å²) in [5, 5.41) is 0.991. The van der Waals surface area contributed by atoms with Crippen molar-refractivity contribution in [3.8, 4) is 11.1 Å². The molecule has 1 amide bonds. The summed E-state index contributed by atoms with van der Waals surface area (Å²) < 4.78 is 0. The molecule has 0 unspecified atom stereocenters.